The molecule has 4 aromatic rings. The fraction of sp³-hybridized carbons (Fsp3) is 0.212. The first-order valence-electron chi connectivity index (χ1n) is 14.0. The van der Waals surface area contributed by atoms with Crippen molar-refractivity contribution in [2.45, 2.75) is 37.2 Å². The van der Waals surface area contributed by atoms with Crippen LogP contribution in [0.3, 0.4) is 0 Å². The summed E-state index contributed by atoms with van der Waals surface area (Å²) in [5.74, 6) is -0.910. The summed E-state index contributed by atoms with van der Waals surface area (Å²) in [6.45, 7) is 1.80. The first-order chi connectivity index (χ1) is 21.1. The average molecular weight is 718 g/mol. The normalized spacial score (nSPS) is 11.9. The fourth-order valence-corrected chi connectivity index (χ4v) is 6.77. The van der Waals surface area contributed by atoms with Crippen molar-refractivity contribution in [2.75, 3.05) is 17.4 Å². The maximum atomic E-state index is 14.4. The van der Waals surface area contributed by atoms with Gasteiger partial charge in [-0.15, -0.1) is 0 Å². The quantitative estimate of drug-likeness (QED) is 0.160. The van der Waals surface area contributed by atoms with Gasteiger partial charge in [-0.25, -0.2) is 8.42 Å². The number of amides is 2. The Balaban J connectivity index is 1.80. The summed E-state index contributed by atoms with van der Waals surface area (Å²) in [6, 6.07) is 28.1. The SMILES string of the molecule is CCCNC(=O)[C@H](Cc1ccccc1)N(Cc1ccc(Cl)c(Cl)c1)C(=O)CN(c1cccc(Br)c1)S(=O)(=O)c1ccccc1. The molecular formula is C33H32BrCl2N3O4S. The molecule has 4 aromatic carbocycles. The van der Waals surface area contributed by atoms with Crippen molar-refractivity contribution in [1.82, 2.24) is 10.2 Å². The summed E-state index contributed by atoms with van der Waals surface area (Å²) in [5.41, 5.74) is 1.77. The van der Waals surface area contributed by atoms with E-state index in [4.69, 9.17) is 23.2 Å². The molecule has 0 fully saturated rings. The second kappa shape index (κ2) is 15.6. The first-order valence-corrected chi connectivity index (χ1v) is 17.0. The van der Waals surface area contributed by atoms with Gasteiger partial charge in [-0.2, -0.15) is 0 Å². The minimum absolute atomic E-state index is 0.00945. The molecular weight excluding hydrogens is 685 g/mol. The molecule has 44 heavy (non-hydrogen) atoms. The molecule has 4 rings (SSSR count). The van der Waals surface area contributed by atoms with Gasteiger partial charge in [-0.1, -0.05) is 107 Å². The fourth-order valence-electron chi connectivity index (χ4n) is 4.63. The maximum absolute atomic E-state index is 14.4. The Morgan fingerprint density at radius 3 is 2.16 bits per heavy atom. The highest BCUT2D eigenvalue weighted by Crippen LogP contribution is 2.28. The lowest BCUT2D eigenvalue weighted by Crippen LogP contribution is -2.53. The van der Waals surface area contributed by atoms with Gasteiger partial charge < -0.3 is 10.2 Å². The number of benzene rings is 4. The Morgan fingerprint density at radius 2 is 1.52 bits per heavy atom. The van der Waals surface area contributed by atoms with Crippen molar-refractivity contribution < 1.29 is 18.0 Å². The number of anilines is 1. The van der Waals surface area contributed by atoms with Crippen LogP contribution in [-0.2, 0) is 32.6 Å². The van der Waals surface area contributed by atoms with Crippen LogP contribution in [0.25, 0.3) is 0 Å². The van der Waals surface area contributed by atoms with E-state index in [0.29, 0.717) is 38.7 Å². The molecule has 0 unspecified atom stereocenters. The molecule has 0 heterocycles. The topological polar surface area (TPSA) is 86.8 Å². The van der Waals surface area contributed by atoms with E-state index in [2.05, 4.69) is 21.2 Å². The average Bonchev–Trinajstić information content (AvgIpc) is 3.02. The molecule has 7 nitrogen and oxygen atoms in total. The van der Waals surface area contributed by atoms with Crippen molar-refractivity contribution in [3.8, 4) is 0 Å². The third-order valence-corrected chi connectivity index (χ3v) is 9.88. The number of carbonyl (C=O) groups is 2. The van der Waals surface area contributed by atoms with E-state index in [9.17, 15) is 18.0 Å². The summed E-state index contributed by atoms with van der Waals surface area (Å²) in [6.07, 6.45) is 0.919. The van der Waals surface area contributed by atoms with Gasteiger partial charge in [-0.05, 0) is 60.0 Å². The van der Waals surface area contributed by atoms with Crippen molar-refractivity contribution in [3.63, 3.8) is 0 Å². The number of sulfonamides is 1. The van der Waals surface area contributed by atoms with E-state index in [1.165, 1.54) is 17.0 Å². The van der Waals surface area contributed by atoms with Crippen LogP contribution in [0.15, 0.2) is 112 Å². The lowest BCUT2D eigenvalue weighted by atomic mass is 10.0. The van der Waals surface area contributed by atoms with Gasteiger partial charge in [0.2, 0.25) is 11.8 Å². The summed E-state index contributed by atoms with van der Waals surface area (Å²) >= 11 is 15.9. The summed E-state index contributed by atoms with van der Waals surface area (Å²) in [5, 5.41) is 3.58. The van der Waals surface area contributed by atoms with Gasteiger partial charge in [-0.3, -0.25) is 13.9 Å². The monoisotopic (exact) mass is 715 g/mol. The Hall–Kier alpha value is -3.37. The van der Waals surface area contributed by atoms with Crippen LogP contribution in [0.4, 0.5) is 5.69 Å². The maximum Gasteiger partial charge on any atom is 0.264 e. The molecule has 0 aliphatic rings. The molecule has 0 saturated carbocycles. The highest BCUT2D eigenvalue weighted by Gasteiger charge is 2.34. The summed E-state index contributed by atoms with van der Waals surface area (Å²) in [4.78, 5) is 29.6. The van der Waals surface area contributed by atoms with Gasteiger partial charge in [0.05, 0.1) is 20.6 Å². The van der Waals surface area contributed by atoms with Gasteiger partial charge in [0, 0.05) is 24.0 Å². The number of hydrogen-bond donors (Lipinski definition) is 1. The second-order valence-electron chi connectivity index (χ2n) is 10.1. The molecule has 11 heteroatoms. The van der Waals surface area contributed by atoms with Crippen molar-refractivity contribution in [3.05, 3.63) is 129 Å². The zero-order valence-electron chi connectivity index (χ0n) is 24.0. The molecule has 1 N–H and O–H groups in total. The largest absolute Gasteiger partial charge is 0.354 e. The zero-order chi connectivity index (χ0) is 31.7. The first kappa shape index (κ1) is 33.5. The van der Waals surface area contributed by atoms with E-state index in [1.54, 1.807) is 60.7 Å². The number of hydrogen-bond acceptors (Lipinski definition) is 4. The van der Waals surface area contributed by atoms with Gasteiger partial charge in [0.15, 0.2) is 0 Å². The van der Waals surface area contributed by atoms with Gasteiger partial charge in [0.25, 0.3) is 10.0 Å². The lowest BCUT2D eigenvalue weighted by molar-refractivity contribution is -0.140. The number of carbonyl (C=O) groups excluding carboxylic acids is 2. The third-order valence-electron chi connectivity index (χ3n) is 6.86. The molecule has 0 saturated heterocycles. The summed E-state index contributed by atoms with van der Waals surface area (Å²) < 4.78 is 29.7. The molecule has 0 aliphatic heterocycles. The highest BCUT2D eigenvalue weighted by molar-refractivity contribution is 9.10. The van der Waals surface area contributed by atoms with Crippen LogP contribution >= 0.6 is 39.1 Å². The van der Waals surface area contributed by atoms with E-state index < -0.39 is 28.5 Å². The second-order valence-corrected chi connectivity index (χ2v) is 13.7. The number of nitrogens with zero attached hydrogens (tertiary/aromatic N) is 2. The van der Waals surface area contributed by atoms with Crippen LogP contribution in [0.5, 0.6) is 0 Å². The Morgan fingerprint density at radius 1 is 0.841 bits per heavy atom. The Labute approximate surface area is 277 Å². The van der Waals surface area contributed by atoms with Crippen LogP contribution in [0, 0.1) is 0 Å². The number of rotatable bonds is 13. The highest BCUT2D eigenvalue weighted by atomic mass is 79.9. The van der Waals surface area contributed by atoms with Crippen molar-refractivity contribution in [2.24, 2.45) is 0 Å². The molecule has 1 atom stereocenters. The smallest absolute Gasteiger partial charge is 0.264 e. The molecule has 2 amide bonds. The molecule has 0 radical (unpaired) electrons. The van der Waals surface area contributed by atoms with Crippen LogP contribution in [0.1, 0.15) is 24.5 Å². The minimum atomic E-state index is -4.18. The van der Waals surface area contributed by atoms with Gasteiger partial charge in [0.1, 0.15) is 12.6 Å². The van der Waals surface area contributed by atoms with Crippen molar-refractivity contribution >= 4 is 66.7 Å². The number of nitrogens with one attached hydrogen (secondary N) is 1. The standard InChI is InChI=1S/C33H32BrCl2N3O4S/c1-2-18-37-33(41)31(20-24-10-5-3-6-11-24)38(22-25-16-17-29(35)30(36)19-25)32(40)23-39(27-13-9-12-26(34)21-27)44(42,43)28-14-7-4-8-15-28/h3-17,19,21,31H,2,18,20,22-23H2,1H3,(H,37,41)/t31-/m0/s1. The summed E-state index contributed by atoms with van der Waals surface area (Å²) in [7, 11) is -4.18. The van der Waals surface area contributed by atoms with E-state index in [-0.39, 0.29) is 23.8 Å². The van der Waals surface area contributed by atoms with E-state index in [1.807, 2.05) is 37.3 Å². The van der Waals surface area contributed by atoms with E-state index in [0.717, 1.165) is 9.87 Å². The number of halogens is 3. The van der Waals surface area contributed by atoms with Crippen LogP contribution in [-0.4, -0.2) is 44.3 Å². The predicted molar refractivity (Wildman–Crippen MR) is 179 cm³/mol. The van der Waals surface area contributed by atoms with E-state index >= 15 is 0 Å². The van der Waals surface area contributed by atoms with Crippen LogP contribution < -0.4 is 9.62 Å². The Bertz CT molecular complexity index is 1690. The molecule has 0 aromatic heterocycles. The minimum Gasteiger partial charge on any atom is -0.354 e. The molecule has 0 spiro atoms. The molecule has 230 valence electrons. The Kier molecular flexibility index (Phi) is 11.9. The third kappa shape index (κ3) is 8.63. The zero-order valence-corrected chi connectivity index (χ0v) is 27.9. The molecule has 0 aliphatic carbocycles. The van der Waals surface area contributed by atoms with Gasteiger partial charge >= 0.3 is 0 Å². The van der Waals surface area contributed by atoms with Crippen molar-refractivity contribution in [1.29, 1.82) is 0 Å². The molecule has 0 bridgehead atoms. The predicted octanol–water partition coefficient (Wildman–Crippen LogP) is 7.12. The lowest BCUT2D eigenvalue weighted by Gasteiger charge is -2.34. The van der Waals surface area contributed by atoms with Crippen LogP contribution in [0.2, 0.25) is 10.0 Å².